The molecular formula is C18H19NO2. The van der Waals surface area contributed by atoms with Gasteiger partial charge in [-0.15, -0.1) is 0 Å². The van der Waals surface area contributed by atoms with Crippen molar-refractivity contribution in [1.29, 1.82) is 0 Å². The highest BCUT2D eigenvalue weighted by Crippen LogP contribution is 2.46. The number of carbonyl (C=O) groups excluding carboxylic acids is 1. The average Bonchev–Trinajstić information content (AvgIpc) is 2.79. The Labute approximate surface area is 124 Å². The summed E-state index contributed by atoms with van der Waals surface area (Å²) in [5, 5.41) is 0. The number of hydrogen-bond acceptors (Lipinski definition) is 3. The van der Waals surface area contributed by atoms with Crippen LogP contribution >= 0.6 is 0 Å². The van der Waals surface area contributed by atoms with Crippen molar-refractivity contribution in [2.24, 2.45) is 5.73 Å². The Balaban J connectivity index is 2.23. The van der Waals surface area contributed by atoms with Gasteiger partial charge in [0.2, 0.25) is 0 Å². The third kappa shape index (κ3) is 2.05. The topological polar surface area (TPSA) is 52.3 Å². The van der Waals surface area contributed by atoms with E-state index in [1.807, 2.05) is 18.2 Å². The Hall–Kier alpha value is -2.13. The first-order chi connectivity index (χ1) is 10.1. The molecule has 0 aliphatic heterocycles. The minimum absolute atomic E-state index is 0.153. The summed E-state index contributed by atoms with van der Waals surface area (Å²) in [5.41, 5.74) is 13.9. The molecule has 0 radical (unpaired) electrons. The van der Waals surface area contributed by atoms with Crippen LogP contribution < -0.4 is 5.73 Å². The number of aryl methyl sites for hydroxylation is 2. The number of carbonyl (C=O) groups is 1. The van der Waals surface area contributed by atoms with Crippen LogP contribution in [0.2, 0.25) is 0 Å². The van der Waals surface area contributed by atoms with Crippen molar-refractivity contribution in [3.8, 4) is 11.1 Å². The zero-order chi connectivity index (χ0) is 15.1. The molecule has 3 nitrogen and oxygen atoms in total. The average molecular weight is 281 g/mol. The Morgan fingerprint density at radius 1 is 1.19 bits per heavy atom. The predicted octanol–water partition coefficient (Wildman–Crippen LogP) is 3.16. The summed E-state index contributed by atoms with van der Waals surface area (Å²) in [6.07, 6.45) is 0. The predicted molar refractivity (Wildman–Crippen MR) is 83.6 cm³/mol. The molecule has 1 aliphatic rings. The molecule has 0 bridgehead atoms. The summed E-state index contributed by atoms with van der Waals surface area (Å²) in [6, 6.07) is 10.1. The van der Waals surface area contributed by atoms with Gasteiger partial charge in [0.1, 0.15) is 0 Å². The molecule has 0 fully saturated rings. The van der Waals surface area contributed by atoms with E-state index in [0.29, 0.717) is 12.1 Å². The van der Waals surface area contributed by atoms with Crippen LogP contribution in [-0.2, 0) is 4.74 Å². The molecular weight excluding hydrogens is 262 g/mol. The summed E-state index contributed by atoms with van der Waals surface area (Å²) in [4.78, 5) is 11.7. The minimum atomic E-state index is -0.308. The lowest BCUT2D eigenvalue weighted by molar-refractivity contribution is 0.0600. The minimum Gasteiger partial charge on any atom is -0.465 e. The van der Waals surface area contributed by atoms with E-state index >= 15 is 0 Å². The summed E-state index contributed by atoms with van der Waals surface area (Å²) in [5.74, 6) is -0.155. The maximum Gasteiger partial charge on any atom is 0.337 e. The molecule has 2 N–H and O–H groups in total. The van der Waals surface area contributed by atoms with Crippen LogP contribution in [-0.4, -0.2) is 19.6 Å². The molecule has 0 saturated heterocycles. The highest BCUT2D eigenvalue weighted by atomic mass is 16.5. The van der Waals surface area contributed by atoms with E-state index < -0.39 is 0 Å². The van der Waals surface area contributed by atoms with E-state index in [1.54, 1.807) is 0 Å². The van der Waals surface area contributed by atoms with Gasteiger partial charge in [0, 0.05) is 12.5 Å². The second-order valence-corrected chi connectivity index (χ2v) is 5.62. The fourth-order valence-corrected chi connectivity index (χ4v) is 3.41. The largest absolute Gasteiger partial charge is 0.465 e. The smallest absolute Gasteiger partial charge is 0.337 e. The molecule has 108 valence electrons. The van der Waals surface area contributed by atoms with Crippen LogP contribution in [0.25, 0.3) is 11.1 Å². The Kier molecular flexibility index (Phi) is 3.30. The number of nitrogens with two attached hydrogens (primary N) is 1. The van der Waals surface area contributed by atoms with Gasteiger partial charge in [0.25, 0.3) is 0 Å². The fourth-order valence-electron chi connectivity index (χ4n) is 3.41. The molecule has 21 heavy (non-hydrogen) atoms. The number of benzene rings is 2. The highest BCUT2D eigenvalue weighted by molar-refractivity contribution is 5.92. The summed E-state index contributed by atoms with van der Waals surface area (Å²) >= 11 is 0. The standard InChI is InChI=1S/C18H19NO2/c1-10-6-11(2)17-15(7-10)13-5-4-12(18(20)21-3)8-14(13)16(17)9-19/h4-8,16H,9,19H2,1-3H3. The van der Waals surface area contributed by atoms with Gasteiger partial charge in [-0.25, -0.2) is 4.79 Å². The van der Waals surface area contributed by atoms with Crippen molar-refractivity contribution < 1.29 is 9.53 Å². The van der Waals surface area contributed by atoms with Gasteiger partial charge in [-0.3, -0.25) is 0 Å². The number of esters is 1. The molecule has 1 atom stereocenters. The quantitative estimate of drug-likeness (QED) is 0.860. The van der Waals surface area contributed by atoms with Crippen LogP contribution in [0, 0.1) is 13.8 Å². The first-order valence-electron chi connectivity index (χ1n) is 7.10. The first kappa shape index (κ1) is 13.8. The van der Waals surface area contributed by atoms with Gasteiger partial charge in [-0.1, -0.05) is 23.8 Å². The second kappa shape index (κ2) is 5.01. The SMILES string of the molecule is COC(=O)c1ccc2c(c1)C(CN)c1c(C)cc(C)cc1-2. The van der Waals surface area contributed by atoms with E-state index in [-0.39, 0.29) is 11.9 Å². The normalized spacial score (nSPS) is 15.5. The molecule has 2 aromatic carbocycles. The number of hydrogen-bond donors (Lipinski definition) is 1. The van der Waals surface area contributed by atoms with Crippen molar-refractivity contribution in [1.82, 2.24) is 0 Å². The van der Waals surface area contributed by atoms with Gasteiger partial charge >= 0.3 is 5.97 Å². The Morgan fingerprint density at radius 3 is 2.62 bits per heavy atom. The molecule has 0 saturated carbocycles. The monoisotopic (exact) mass is 281 g/mol. The van der Waals surface area contributed by atoms with Crippen molar-refractivity contribution >= 4 is 5.97 Å². The molecule has 0 spiro atoms. The lowest BCUT2D eigenvalue weighted by Gasteiger charge is -2.14. The molecule has 0 heterocycles. The third-order valence-corrected chi connectivity index (χ3v) is 4.25. The molecule has 1 aliphatic carbocycles. The first-order valence-corrected chi connectivity index (χ1v) is 7.10. The Morgan fingerprint density at radius 2 is 1.95 bits per heavy atom. The zero-order valence-electron chi connectivity index (χ0n) is 12.6. The molecule has 0 aromatic heterocycles. The van der Waals surface area contributed by atoms with Gasteiger partial charge in [0.15, 0.2) is 0 Å². The van der Waals surface area contributed by atoms with E-state index in [0.717, 1.165) is 5.56 Å². The molecule has 2 aromatic rings. The van der Waals surface area contributed by atoms with Crippen molar-refractivity contribution in [3.05, 3.63) is 58.1 Å². The fraction of sp³-hybridized carbons (Fsp3) is 0.278. The number of methoxy groups -OCH3 is 1. The second-order valence-electron chi connectivity index (χ2n) is 5.62. The molecule has 0 amide bonds. The molecule has 1 unspecified atom stereocenters. The van der Waals surface area contributed by atoms with E-state index in [4.69, 9.17) is 10.5 Å². The number of fused-ring (bicyclic) bond motifs is 3. The van der Waals surface area contributed by atoms with E-state index in [9.17, 15) is 4.79 Å². The maximum absolute atomic E-state index is 11.7. The van der Waals surface area contributed by atoms with Crippen molar-refractivity contribution in [2.45, 2.75) is 19.8 Å². The van der Waals surface area contributed by atoms with Crippen molar-refractivity contribution in [2.75, 3.05) is 13.7 Å². The van der Waals surface area contributed by atoms with Crippen LogP contribution in [0.4, 0.5) is 0 Å². The van der Waals surface area contributed by atoms with E-state index in [1.165, 1.54) is 34.9 Å². The summed E-state index contributed by atoms with van der Waals surface area (Å²) in [7, 11) is 1.40. The van der Waals surface area contributed by atoms with Crippen LogP contribution in [0.5, 0.6) is 0 Å². The molecule has 3 rings (SSSR count). The zero-order valence-corrected chi connectivity index (χ0v) is 12.6. The van der Waals surface area contributed by atoms with Crippen LogP contribution in [0.3, 0.4) is 0 Å². The van der Waals surface area contributed by atoms with Gasteiger partial charge < -0.3 is 10.5 Å². The summed E-state index contributed by atoms with van der Waals surface area (Å²) in [6.45, 7) is 4.77. The molecule has 3 heteroatoms. The lowest BCUT2D eigenvalue weighted by Crippen LogP contribution is -2.13. The highest BCUT2D eigenvalue weighted by Gasteiger charge is 2.30. The van der Waals surface area contributed by atoms with Crippen LogP contribution in [0.15, 0.2) is 30.3 Å². The van der Waals surface area contributed by atoms with Gasteiger partial charge in [-0.05, 0) is 53.8 Å². The van der Waals surface area contributed by atoms with Gasteiger partial charge in [-0.2, -0.15) is 0 Å². The van der Waals surface area contributed by atoms with E-state index in [2.05, 4.69) is 26.0 Å². The number of ether oxygens (including phenoxy) is 1. The lowest BCUT2D eigenvalue weighted by atomic mass is 9.92. The maximum atomic E-state index is 11.7. The Bertz CT molecular complexity index is 734. The summed E-state index contributed by atoms with van der Waals surface area (Å²) < 4.78 is 4.81. The number of rotatable bonds is 2. The van der Waals surface area contributed by atoms with Crippen LogP contribution in [0.1, 0.15) is 38.5 Å². The third-order valence-electron chi connectivity index (χ3n) is 4.25. The van der Waals surface area contributed by atoms with Gasteiger partial charge in [0.05, 0.1) is 12.7 Å². The van der Waals surface area contributed by atoms with Crippen molar-refractivity contribution in [3.63, 3.8) is 0 Å².